The Bertz CT molecular complexity index is 671. The van der Waals surface area contributed by atoms with Crippen molar-refractivity contribution in [2.24, 2.45) is 5.92 Å². The molecule has 0 aliphatic heterocycles. The van der Waals surface area contributed by atoms with Gasteiger partial charge in [0.15, 0.2) is 0 Å². The van der Waals surface area contributed by atoms with Crippen LogP contribution in [0.5, 0.6) is 0 Å². The lowest BCUT2D eigenvalue weighted by Gasteiger charge is -2.20. The molecule has 5 heteroatoms. The summed E-state index contributed by atoms with van der Waals surface area (Å²) in [6, 6.07) is 7.58. The van der Waals surface area contributed by atoms with Crippen molar-refractivity contribution >= 4 is 22.7 Å². The molecule has 1 aliphatic carbocycles. The Labute approximate surface area is 129 Å². The number of hydrazine groups is 1. The lowest BCUT2D eigenvalue weighted by molar-refractivity contribution is -0.123. The summed E-state index contributed by atoms with van der Waals surface area (Å²) in [5, 5.41) is 0.849. The van der Waals surface area contributed by atoms with Crippen molar-refractivity contribution in [3.63, 3.8) is 0 Å². The fourth-order valence-electron chi connectivity index (χ4n) is 3.16. The van der Waals surface area contributed by atoms with Crippen LogP contribution in [0.15, 0.2) is 30.5 Å². The Morgan fingerprint density at radius 2 is 1.86 bits per heavy atom. The first kappa shape index (κ1) is 14.6. The summed E-state index contributed by atoms with van der Waals surface area (Å²) in [4.78, 5) is 27.1. The predicted molar refractivity (Wildman–Crippen MR) is 85.1 cm³/mol. The number of fused-ring (bicyclic) bond motifs is 1. The SMILES string of the molecule is O=C(CC1CCCCC1)NNC(=O)c1c[nH]c2ccccc12. The maximum absolute atomic E-state index is 12.2. The molecule has 1 aromatic heterocycles. The predicted octanol–water partition coefficient (Wildman–Crippen LogP) is 2.90. The Morgan fingerprint density at radius 3 is 2.68 bits per heavy atom. The van der Waals surface area contributed by atoms with E-state index in [1.807, 2.05) is 24.3 Å². The highest BCUT2D eigenvalue weighted by Gasteiger charge is 2.18. The highest BCUT2D eigenvalue weighted by molar-refractivity contribution is 6.07. The van der Waals surface area contributed by atoms with Crippen molar-refractivity contribution in [2.75, 3.05) is 0 Å². The molecule has 2 aromatic rings. The molecule has 3 rings (SSSR count). The average Bonchev–Trinajstić information content (AvgIpc) is 2.98. The van der Waals surface area contributed by atoms with Gasteiger partial charge in [-0.05, 0) is 24.8 Å². The minimum absolute atomic E-state index is 0.111. The Hall–Kier alpha value is -2.30. The van der Waals surface area contributed by atoms with Crippen LogP contribution in [0.2, 0.25) is 0 Å². The van der Waals surface area contributed by atoms with Gasteiger partial charge in [0.05, 0.1) is 5.56 Å². The third-order valence-electron chi connectivity index (χ3n) is 4.35. The number of carbonyl (C=O) groups excluding carboxylic acids is 2. The zero-order chi connectivity index (χ0) is 15.4. The van der Waals surface area contributed by atoms with Crippen LogP contribution in [-0.2, 0) is 4.79 Å². The largest absolute Gasteiger partial charge is 0.360 e. The highest BCUT2D eigenvalue weighted by atomic mass is 16.2. The quantitative estimate of drug-likeness (QED) is 0.762. The number of H-pyrrole nitrogens is 1. The zero-order valence-corrected chi connectivity index (χ0v) is 12.5. The van der Waals surface area contributed by atoms with Crippen LogP contribution >= 0.6 is 0 Å². The molecular weight excluding hydrogens is 278 g/mol. The third-order valence-corrected chi connectivity index (χ3v) is 4.35. The van der Waals surface area contributed by atoms with E-state index in [4.69, 9.17) is 0 Å². The van der Waals surface area contributed by atoms with Crippen LogP contribution in [0, 0.1) is 5.92 Å². The summed E-state index contributed by atoms with van der Waals surface area (Å²) in [5.74, 6) is 0.0493. The summed E-state index contributed by atoms with van der Waals surface area (Å²) in [5.41, 5.74) is 6.48. The third kappa shape index (κ3) is 3.30. The molecule has 1 heterocycles. The second-order valence-corrected chi connectivity index (χ2v) is 5.96. The second kappa shape index (κ2) is 6.64. The van der Waals surface area contributed by atoms with Gasteiger partial charge in [0.25, 0.3) is 5.91 Å². The molecule has 116 valence electrons. The maximum atomic E-state index is 12.2. The van der Waals surface area contributed by atoms with Crippen LogP contribution < -0.4 is 10.9 Å². The van der Waals surface area contributed by atoms with Crippen molar-refractivity contribution in [1.29, 1.82) is 0 Å². The highest BCUT2D eigenvalue weighted by Crippen LogP contribution is 2.26. The van der Waals surface area contributed by atoms with Crippen molar-refractivity contribution in [3.8, 4) is 0 Å². The lowest BCUT2D eigenvalue weighted by atomic mass is 9.87. The number of para-hydroxylation sites is 1. The number of carbonyl (C=O) groups is 2. The number of amides is 2. The number of nitrogens with one attached hydrogen (secondary N) is 3. The molecule has 5 nitrogen and oxygen atoms in total. The molecule has 22 heavy (non-hydrogen) atoms. The molecule has 0 unspecified atom stereocenters. The van der Waals surface area contributed by atoms with E-state index in [1.165, 1.54) is 19.3 Å². The van der Waals surface area contributed by atoms with Crippen LogP contribution in [0.1, 0.15) is 48.9 Å². The molecule has 0 bridgehead atoms. The molecule has 2 amide bonds. The summed E-state index contributed by atoms with van der Waals surface area (Å²) in [7, 11) is 0. The second-order valence-electron chi connectivity index (χ2n) is 5.96. The van der Waals surface area contributed by atoms with E-state index < -0.39 is 0 Å². The minimum Gasteiger partial charge on any atom is -0.360 e. The maximum Gasteiger partial charge on any atom is 0.271 e. The first-order valence-corrected chi connectivity index (χ1v) is 7.89. The first-order chi connectivity index (χ1) is 10.7. The van der Waals surface area contributed by atoms with E-state index in [0.29, 0.717) is 17.9 Å². The summed E-state index contributed by atoms with van der Waals surface area (Å²) in [6.07, 6.45) is 8.07. The minimum atomic E-state index is -0.297. The standard InChI is InChI=1S/C17H21N3O2/c21-16(10-12-6-2-1-3-7-12)19-20-17(22)14-11-18-15-9-5-4-8-13(14)15/h4-5,8-9,11-12,18H,1-3,6-7,10H2,(H,19,21)(H,20,22). The van der Waals surface area contributed by atoms with E-state index in [1.54, 1.807) is 6.20 Å². The monoisotopic (exact) mass is 299 g/mol. The Kier molecular flexibility index (Phi) is 4.42. The van der Waals surface area contributed by atoms with Crippen molar-refractivity contribution < 1.29 is 9.59 Å². The Morgan fingerprint density at radius 1 is 1.09 bits per heavy atom. The van der Waals surface area contributed by atoms with Gasteiger partial charge in [0.2, 0.25) is 5.91 Å². The number of aromatic amines is 1. The summed E-state index contributed by atoms with van der Waals surface area (Å²) in [6.45, 7) is 0. The molecule has 1 aliphatic rings. The molecular formula is C17H21N3O2. The van der Waals surface area contributed by atoms with Gasteiger partial charge < -0.3 is 4.98 Å². The smallest absolute Gasteiger partial charge is 0.271 e. The van der Waals surface area contributed by atoms with Crippen LogP contribution in [0.3, 0.4) is 0 Å². The lowest BCUT2D eigenvalue weighted by Crippen LogP contribution is -2.42. The summed E-state index contributed by atoms with van der Waals surface area (Å²) >= 11 is 0. The molecule has 0 atom stereocenters. The average molecular weight is 299 g/mol. The van der Waals surface area contributed by atoms with Crippen LogP contribution in [0.4, 0.5) is 0 Å². The van der Waals surface area contributed by atoms with Crippen LogP contribution in [-0.4, -0.2) is 16.8 Å². The molecule has 3 N–H and O–H groups in total. The number of hydrogen-bond donors (Lipinski definition) is 3. The molecule has 1 fully saturated rings. The molecule has 0 radical (unpaired) electrons. The topological polar surface area (TPSA) is 74.0 Å². The normalized spacial score (nSPS) is 15.6. The fraction of sp³-hybridized carbons (Fsp3) is 0.412. The van der Waals surface area contributed by atoms with Crippen LogP contribution in [0.25, 0.3) is 10.9 Å². The van der Waals surface area contributed by atoms with E-state index in [9.17, 15) is 9.59 Å². The Balaban J connectivity index is 1.54. The van der Waals surface area contributed by atoms with E-state index in [2.05, 4.69) is 15.8 Å². The van der Waals surface area contributed by atoms with E-state index in [-0.39, 0.29) is 11.8 Å². The van der Waals surface area contributed by atoms with E-state index in [0.717, 1.165) is 23.7 Å². The van der Waals surface area contributed by atoms with Crippen molar-refractivity contribution in [2.45, 2.75) is 38.5 Å². The van der Waals surface area contributed by atoms with Gasteiger partial charge in [-0.2, -0.15) is 0 Å². The van der Waals surface area contributed by atoms with Gasteiger partial charge >= 0.3 is 0 Å². The summed E-state index contributed by atoms with van der Waals surface area (Å²) < 4.78 is 0. The molecule has 0 saturated heterocycles. The van der Waals surface area contributed by atoms with Gasteiger partial charge in [-0.25, -0.2) is 0 Å². The van der Waals surface area contributed by atoms with Crippen molar-refractivity contribution in [3.05, 3.63) is 36.0 Å². The fourth-order valence-corrected chi connectivity index (χ4v) is 3.16. The molecule has 0 spiro atoms. The molecule has 1 aromatic carbocycles. The zero-order valence-electron chi connectivity index (χ0n) is 12.5. The first-order valence-electron chi connectivity index (χ1n) is 7.89. The van der Waals surface area contributed by atoms with E-state index >= 15 is 0 Å². The number of hydrogen-bond acceptors (Lipinski definition) is 2. The molecule has 1 saturated carbocycles. The van der Waals surface area contributed by atoms with Crippen molar-refractivity contribution in [1.82, 2.24) is 15.8 Å². The van der Waals surface area contributed by atoms with Gasteiger partial charge in [0, 0.05) is 23.5 Å². The number of benzene rings is 1. The van der Waals surface area contributed by atoms with Gasteiger partial charge in [-0.1, -0.05) is 37.5 Å². The number of aromatic nitrogens is 1. The van der Waals surface area contributed by atoms with Gasteiger partial charge in [0.1, 0.15) is 0 Å². The van der Waals surface area contributed by atoms with Gasteiger partial charge in [-0.3, -0.25) is 20.4 Å². The van der Waals surface area contributed by atoms with Gasteiger partial charge in [-0.15, -0.1) is 0 Å². The number of rotatable bonds is 3.